The van der Waals surface area contributed by atoms with E-state index in [1.165, 1.54) is 0 Å². The minimum Gasteiger partial charge on any atom is -0.481 e. The van der Waals surface area contributed by atoms with Crippen LogP contribution in [0.15, 0.2) is 48.7 Å². The van der Waals surface area contributed by atoms with Crippen molar-refractivity contribution < 1.29 is 9.53 Å². The quantitative estimate of drug-likeness (QED) is 0.874. The molecule has 5 heteroatoms. The van der Waals surface area contributed by atoms with E-state index in [9.17, 15) is 4.79 Å². The standard InChI is InChI=1S/C16H19N3O2/c1-16(17,13-6-4-3-5-7-13)15(20)19-11-12-8-9-18-14(10-12)21-2/h3-10H,11,17H2,1-2H3,(H,19,20). The van der Waals surface area contributed by atoms with Crippen molar-refractivity contribution in [2.45, 2.75) is 19.0 Å². The molecule has 0 aliphatic carbocycles. The van der Waals surface area contributed by atoms with Crippen LogP contribution in [0, 0.1) is 0 Å². The van der Waals surface area contributed by atoms with E-state index < -0.39 is 5.54 Å². The number of hydrogen-bond donors (Lipinski definition) is 2. The Balaban J connectivity index is 2.04. The number of ether oxygens (including phenoxy) is 1. The van der Waals surface area contributed by atoms with Crippen molar-refractivity contribution in [1.82, 2.24) is 10.3 Å². The third-order valence-electron chi connectivity index (χ3n) is 3.31. The normalized spacial score (nSPS) is 13.3. The van der Waals surface area contributed by atoms with Crippen LogP contribution < -0.4 is 15.8 Å². The van der Waals surface area contributed by atoms with Crippen LogP contribution in [-0.4, -0.2) is 18.0 Å². The number of hydrogen-bond acceptors (Lipinski definition) is 4. The molecule has 1 aromatic heterocycles. The highest BCUT2D eigenvalue weighted by Crippen LogP contribution is 2.17. The molecule has 3 N–H and O–H groups in total. The van der Waals surface area contributed by atoms with E-state index >= 15 is 0 Å². The summed E-state index contributed by atoms with van der Waals surface area (Å²) in [5, 5.41) is 2.84. The maximum Gasteiger partial charge on any atom is 0.244 e. The van der Waals surface area contributed by atoms with E-state index in [0.29, 0.717) is 12.4 Å². The van der Waals surface area contributed by atoms with Crippen molar-refractivity contribution in [2.75, 3.05) is 7.11 Å². The number of amides is 1. The highest BCUT2D eigenvalue weighted by Gasteiger charge is 2.29. The van der Waals surface area contributed by atoms with Crippen LogP contribution in [0.4, 0.5) is 0 Å². The van der Waals surface area contributed by atoms with Gasteiger partial charge < -0.3 is 15.8 Å². The maximum atomic E-state index is 12.3. The van der Waals surface area contributed by atoms with Gasteiger partial charge in [-0.25, -0.2) is 4.98 Å². The molecule has 0 aliphatic rings. The van der Waals surface area contributed by atoms with Gasteiger partial charge in [-0.3, -0.25) is 4.79 Å². The van der Waals surface area contributed by atoms with E-state index in [2.05, 4.69) is 10.3 Å². The number of rotatable bonds is 5. The fourth-order valence-electron chi connectivity index (χ4n) is 1.95. The fourth-order valence-corrected chi connectivity index (χ4v) is 1.95. The number of nitrogens with two attached hydrogens (primary N) is 1. The second kappa shape index (κ2) is 6.37. The summed E-state index contributed by atoms with van der Waals surface area (Å²) in [7, 11) is 1.55. The molecule has 110 valence electrons. The Kier molecular flexibility index (Phi) is 4.55. The number of benzene rings is 1. The summed E-state index contributed by atoms with van der Waals surface area (Å²) in [4.78, 5) is 16.3. The van der Waals surface area contributed by atoms with E-state index in [0.717, 1.165) is 11.1 Å². The average Bonchev–Trinajstić information content (AvgIpc) is 2.53. The molecule has 2 aromatic rings. The minimum absolute atomic E-state index is 0.232. The van der Waals surface area contributed by atoms with Gasteiger partial charge in [0.25, 0.3) is 0 Å². The summed E-state index contributed by atoms with van der Waals surface area (Å²) in [5.41, 5.74) is 6.76. The Morgan fingerprint density at radius 1 is 1.33 bits per heavy atom. The van der Waals surface area contributed by atoms with Crippen LogP contribution in [0.3, 0.4) is 0 Å². The predicted octanol–water partition coefficient (Wildman–Crippen LogP) is 1.58. The highest BCUT2D eigenvalue weighted by molar-refractivity contribution is 5.86. The molecule has 0 radical (unpaired) electrons. The number of carbonyl (C=O) groups excluding carboxylic acids is 1. The minimum atomic E-state index is -1.07. The van der Waals surface area contributed by atoms with Gasteiger partial charge in [-0.05, 0) is 24.1 Å². The molecule has 0 fully saturated rings. The molecule has 0 spiro atoms. The number of aromatic nitrogens is 1. The van der Waals surface area contributed by atoms with E-state index in [4.69, 9.17) is 10.5 Å². The Morgan fingerprint density at radius 2 is 2.05 bits per heavy atom. The smallest absolute Gasteiger partial charge is 0.244 e. The molecule has 5 nitrogen and oxygen atoms in total. The highest BCUT2D eigenvalue weighted by atomic mass is 16.5. The van der Waals surface area contributed by atoms with Gasteiger partial charge in [-0.1, -0.05) is 30.3 Å². The summed E-state index contributed by atoms with van der Waals surface area (Å²) in [6.45, 7) is 2.07. The molecule has 1 atom stereocenters. The van der Waals surface area contributed by atoms with Gasteiger partial charge in [0.1, 0.15) is 5.54 Å². The zero-order valence-corrected chi connectivity index (χ0v) is 12.2. The maximum absolute atomic E-state index is 12.3. The molecular weight excluding hydrogens is 266 g/mol. The topological polar surface area (TPSA) is 77.2 Å². The summed E-state index contributed by atoms with van der Waals surface area (Å²) in [6.07, 6.45) is 1.64. The zero-order valence-electron chi connectivity index (χ0n) is 12.2. The number of pyridine rings is 1. The molecule has 1 heterocycles. The van der Waals surface area contributed by atoms with Crippen LogP contribution in [-0.2, 0) is 16.9 Å². The Hall–Kier alpha value is -2.40. The van der Waals surface area contributed by atoms with Crippen molar-refractivity contribution in [2.24, 2.45) is 5.73 Å². The van der Waals surface area contributed by atoms with Gasteiger partial charge in [-0.2, -0.15) is 0 Å². The first-order valence-electron chi connectivity index (χ1n) is 6.65. The lowest BCUT2D eigenvalue weighted by molar-refractivity contribution is -0.126. The van der Waals surface area contributed by atoms with Crippen LogP contribution in [0.5, 0.6) is 5.88 Å². The Morgan fingerprint density at radius 3 is 2.71 bits per heavy atom. The molecule has 0 bridgehead atoms. The summed E-state index contributed by atoms with van der Waals surface area (Å²) >= 11 is 0. The van der Waals surface area contributed by atoms with E-state index in [1.807, 2.05) is 36.4 Å². The lowest BCUT2D eigenvalue weighted by atomic mass is 9.92. The molecule has 21 heavy (non-hydrogen) atoms. The van der Waals surface area contributed by atoms with Crippen LogP contribution in [0.2, 0.25) is 0 Å². The average molecular weight is 285 g/mol. The van der Waals surface area contributed by atoms with E-state index in [-0.39, 0.29) is 5.91 Å². The third kappa shape index (κ3) is 3.58. The van der Waals surface area contributed by atoms with Crippen molar-refractivity contribution in [3.63, 3.8) is 0 Å². The Labute approximate surface area is 124 Å². The first-order chi connectivity index (χ1) is 10.0. The van der Waals surface area contributed by atoms with Gasteiger partial charge in [-0.15, -0.1) is 0 Å². The number of carbonyl (C=O) groups is 1. The van der Waals surface area contributed by atoms with Crippen molar-refractivity contribution in [1.29, 1.82) is 0 Å². The van der Waals surface area contributed by atoms with Gasteiger partial charge in [0.05, 0.1) is 7.11 Å². The summed E-state index contributed by atoms with van der Waals surface area (Å²) < 4.78 is 5.05. The molecule has 1 amide bonds. The Bertz CT molecular complexity index is 612. The zero-order chi connectivity index (χ0) is 15.3. The number of methoxy groups -OCH3 is 1. The first-order valence-corrected chi connectivity index (χ1v) is 6.65. The SMILES string of the molecule is COc1cc(CNC(=O)C(C)(N)c2ccccc2)ccn1. The molecular formula is C16H19N3O2. The van der Waals surface area contributed by atoms with Crippen LogP contribution in [0.25, 0.3) is 0 Å². The van der Waals surface area contributed by atoms with Gasteiger partial charge >= 0.3 is 0 Å². The van der Waals surface area contributed by atoms with Crippen molar-refractivity contribution >= 4 is 5.91 Å². The molecule has 1 unspecified atom stereocenters. The largest absolute Gasteiger partial charge is 0.481 e. The van der Waals surface area contributed by atoms with Crippen LogP contribution >= 0.6 is 0 Å². The molecule has 1 aromatic carbocycles. The molecule has 0 saturated carbocycles. The number of nitrogens with zero attached hydrogens (tertiary/aromatic N) is 1. The molecule has 0 aliphatic heterocycles. The summed E-state index contributed by atoms with van der Waals surface area (Å²) in [6, 6.07) is 12.9. The second-order valence-corrected chi connectivity index (χ2v) is 4.96. The lowest BCUT2D eigenvalue weighted by Gasteiger charge is -2.24. The molecule has 2 rings (SSSR count). The first kappa shape index (κ1) is 15.0. The lowest BCUT2D eigenvalue weighted by Crippen LogP contribution is -2.48. The van der Waals surface area contributed by atoms with Gasteiger partial charge in [0.15, 0.2) is 0 Å². The van der Waals surface area contributed by atoms with Crippen molar-refractivity contribution in [3.05, 3.63) is 59.8 Å². The number of nitrogens with one attached hydrogen (secondary N) is 1. The summed E-state index contributed by atoms with van der Waals surface area (Å²) in [5.74, 6) is 0.282. The predicted molar refractivity (Wildman–Crippen MR) is 80.6 cm³/mol. The van der Waals surface area contributed by atoms with Crippen molar-refractivity contribution in [3.8, 4) is 5.88 Å². The monoisotopic (exact) mass is 285 g/mol. The second-order valence-electron chi connectivity index (χ2n) is 4.96. The van der Waals surface area contributed by atoms with Crippen LogP contribution in [0.1, 0.15) is 18.1 Å². The fraction of sp³-hybridized carbons (Fsp3) is 0.250. The van der Waals surface area contributed by atoms with E-state index in [1.54, 1.807) is 26.3 Å². The van der Waals surface area contributed by atoms with Gasteiger partial charge in [0.2, 0.25) is 11.8 Å². The third-order valence-corrected chi connectivity index (χ3v) is 3.31. The van der Waals surface area contributed by atoms with Gasteiger partial charge in [0, 0.05) is 18.8 Å². The molecule has 0 saturated heterocycles.